The molecule has 12 rings (SSSR count). The lowest BCUT2D eigenvalue weighted by Gasteiger charge is -2.31. The largest absolute Gasteiger partial charge is 0.456 e. The molecule has 7 aromatic carbocycles. The van der Waals surface area contributed by atoms with Gasteiger partial charge in [-0.25, -0.2) is 15.0 Å². The van der Waals surface area contributed by atoms with Crippen LogP contribution in [0.5, 0.6) is 0 Å². The molecule has 0 saturated carbocycles. The fourth-order valence-electron chi connectivity index (χ4n) is 9.34. The second-order valence-corrected chi connectivity index (χ2v) is 15.0. The number of benzene rings is 7. The van der Waals surface area contributed by atoms with Crippen molar-refractivity contribution < 1.29 is 8.83 Å². The monoisotopic (exact) mass is 734 g/mol. The van der Waals surface area contributed by atoms with E-state index in [1.807, 2.05) is 66.7 Å². The average molecular weight is 735 g/mol. The minimum Gasteiger partial charge on any atom is -0.456 e. The number of allylic oxidation sites excluding steroid dienone is 1. The van der Waals surface area contributed by atoms with E-state index in [0.717, 1.165) is 90.2 Å². The molecule has 10 aromatic rings. The Hall–Kier alpha value is -7.31. The van der Waals surface area contributed by atoms with E-state index in [2.05, 4.69) is 108 Å². The highest BCUT2D eigenvalue weighted by molar-refractivity contribution is 6.23. The van der Waals surface area contributed by atoms with Gasteiger partial charge < -0.3 is 13.7 Å². The minimum atomic E-state index is 0.249. The number of hydrogen-bond donors (Lipinski definition) is 0. The van der Waals surface area contributed by atoms with E-state index in [4.69, 9.17) is 23.8 Å². The maximum atomic E-state index is 6.84. The lowest BCUT2D eigenvalue weighted by molar-refractivity contribution is 0.573. The van der Waals surface area contributed by atoms with Crippen LogP contribution in [0.3, 0.4) is 0 Å². The first-order valence-corrected chi connectivity index (χ1v) is 19.6. The zero-order chi connectivity index (χ0) is 37.5. The zero-order valence-electron chi connectivity index (χ0n) is 30.8. The molecule has 2 aliphatic rings. The lowest BCUT2D eigenvalue weighted by Crippen LogP contribution is -2.29. The summed E-state index contributed by atoms with van der Waals surface area (Å²) < 4.78 is 13.5. The SMILES string of the molecule is C1=CC2C(CC1)c1ccccc1N2c1cccc2oc3cccc(-c4cccc5oc6c(-c7nc(-c8ccccc8)nc(-c8ccccc8)n7)cccc6c45)c3c12. The van der Waals surface area contributed by atoms with Gasteiger partial charge in [-0.2, -0.15) is 0 Å². The maximum Gasteiger partial charge on any atom is 0.167 e. The molecular formula is C51H34N4O2. The number of rotatable bonds is 5. The Kier molecular flexibility index (Phi) is 7.08. The fourth-order valence-corrected chi connectivity index (χ4v) is 9.34. The zero-order valence-corrected chi connectivity index (χ0v) is 30.8. The Labute approximate surface area is 328 Å². The first kappa shape index (κ1) is 32.0. The summed E-state index contributed by atoms with van der Waals surface area (Å²) in [5.74, 6) is 2.23. The van der Waals surface area contributed by atoms with Crippen molar-refractivity contribution in [2.24, 2.45) is 0 Å². The van der Waals surface area contributed by atoms with Crippen molar-refractivity contribution in [1.29, 1.82) is 0 Å². The standard InChI is InChI=1S/C51H34N4O2/c1-3-15-31(16-4-1)49-52-50(32-17-5-2-6-18-32)54-51(53-49)38-24-11-23-37-45-35(21-12-28-42(45)57-48(37)38)36-22-13-29-43-46(36)47-41(27-14-30-44(47)56-43)55-39-25-9-7-19-33(39)34-20-8-10-26-40(34)55/h1-7,9-19,21-30,34,40H,8,20H2. The third kappa shape index (κ3) is 4.93. The Balaban J connectivity index is 1.08. The highest BCUT2D eigenvalue weighted by Gasteiger charge is 2.39. The third-order valence-corrected chi connectivity index (χ3v) is 11.8. The van der Waals surface area contributed by atoms with Crippen LogP contribution in [-0.4, -0.2) is 21.0 Å². The van der Waals surface area contributed by atoms with Crippen molar-refractivity contribution in [3.8, 4) is 45.3 Å². The van der Waals surface area contributed by atoms with Gasteiger partial charge in [0.25, 0.3) is 0 Å². The van der Waals surface area contributed by atoms with Gasteiger partial charge >= 0.3 is 0 Å². The second-order valence-electron chi connectivity index (χ2n) is 15.0. The van der Waals surface area contributed by atoms with Gasteiger partial charge in [0.05, 0.1) is 22.7 Å². The first-order chi connectivity index (χ1) is 28.3. The molecule has 1 aliphatic heterocycles. The summed E-state index contributed by atoms with van der Waals surface area (Å²) in [6, 6.07) is 54.8. The number of para-hydroxylation sites is 2. The van der Waals surface area contributed by atoms with Crippen molar-refractivity contribution >= 4 is 55.3 Å². The normalized spacial score (nSPS) is 16.2. The number of hydrogen-bond acceptors (Lipinski definition) is 6. The Morgan fingerprint density at radius 1 is 0.474 bits per heavy atom. The summed E-state index contributed by atoms with van der Waals surface area (Å²) >= 11 is 0. The molecule has 0 saturated heterocycles. The number of nitrogens with zero attached hydrogens (tertiary/aromatic N) is 4. The minimum absolute atomic E-state index is 0.249. The average Bonchev–Trinajstić information content (AvgIpc) is 3.97. The summed E-state index contributed by atoms with van der Waals surface area (Å²) in [4.78, 5) is 17.6. The van der Waals surface area contributed by atoms with Crippen LogP contribution >= 0.6 is 0 Å². The van der Waals surface area contributed by atoms with E-state index in [1.54, 1.807) is 0 Å². The van der Waals surface area contributed by atoms with E-state index in [1.165, 1.54) is 11.3 Å². The molecule has 3 aromatic heterocycles. The summed E-state index contributed by atoms with van der Waals surface area (Å²) in [6.07, 6.45) is 7.00. The Bertz CT molecular complexity index is 3160. The summed E-state index contributed by atoms with van der Waals surface area (Å²) in [6.45, 7) is 0. The smallest absolute Gasteiger partial charge is 0.167 e. The van der Waals surface area contributed by atoms with Crippen molar-refractivity contribution in [3.05, 3.63) is 175 Å². The summed E-state index contributed by atoms with van der Waals surface area (Å²) in [5.41, 5.74) is 11.9. The van der Waals surface area contributed by atoms with Gasteiger partial charge in [-0.05, 0) is 65.9 Å². The number of aromatic nitrogens is 3. The van der Waals surface area contributed by atoms with Crippen molar-refractivity contribution in [2.75, 3.05) is 4.90 Å². The van der Waals surface area contributed by atoms with E-state index in [0.29, 0.717) is 23.4 Å². The molecule has 1 aliphatic carbocycles. The molecule has 0 amide bonds. The molecule has 0 N–H and O–H groups in total. The van der Waals surface area contributed by atoms with Gasteiger partial charge in [0.2, 0.25) is 0 Å². The Morgan fingerprint density at radius 3 is 1.81 bits per heavy atom. The summed E-state index contributed by atoms with van der Waals surface area (Å²) in [5, 5.41) is 4.25. The van der Waals surface area contributed by atoms with Crippen LogP contribution in [0.15, 0.2) is 179 Å². The molecule has 2 atom stereocenters. The second kappa shape index (κ2) is 12.6. The number of furan rings is 2. The van der Waals surface area contributed by atoms with Crippen LogP contribution in [0.2, 0.25) is 0 Å². The Morgan fingerprint density at radius 2 is 1.05 bits per heavy atom. The molecule has 270 valence electrons. The van der Waals surface area contributed by atoms with Gasteiger partial charge in [-0.15, -0.1) is 0 Å². The van der Waals surface area contributed by atoms with E-state index < -0.39 is 0 Å². The molecule has 0 bridgehead atoms. The molecule has 4 heterocycles. The van der Waals surface area contributed by atoms with Crippen LogP contribution in [0.4, 0.5) is 11.4 Å². The topological polar surface area (TPSA) is 68.2 Å². The van der Waals surface area contributed by atoms with Crippen LogP contribution < -0.4 is 4.90 Å². The van der Waals surface area contributed by atoms with E-state index in [-0.39, 0.29) is 6.04 Å². The van der Waals surface area contributed by atoms with Gasteiger partial charge in [0.1, 0.15) is 22.3 Å². The molecule has 0 radical (unpaired) electrons. The van der Waals surface area contributed by atoms with Crippen LogP contribution in [-0.2, 0) is 0 Å². The molecule has 6 nitrogen and oxygen atoms in total. The lowest BCUT2D eigenvalue weighted by atomic mass is 9.86. The number of fused-ring (bicyclic) bond motifs is 9. The highest BCUT2D eigenvalue weighted by atomic mass is 16.3. The van der Waals surface area contributed by atoms with Crippen LogP contribution in [0.25, 0.3) is 89.2 Å². The van der Waals surface area contributed by atoms with Gasteiger partial charge in [-0.3, -0.25) is 0 Å². The molecule has 0 spiro atoms. The van der Waals surface area contributed by atoms with Gasteiger partial charge in [0, 0.05) is 38.9 Å². The first-order valence-electron chi connectivity index (χ1n) is 19.6. The van der Waals surface area contributed by atoms with E-state index in [9.17, 15) is 0 Å². The third-order valence-electron chi connectivity index (χ3n) is 11.8. The molecule has 6 heteroatoms. The molecule has 2 unspecified atom stereocenters. The molecular weight excluding hydrogens is 701 g/mol. The van der Waals surface area contributed by atoms with Crippen molar-refractivity contribution in [1.82, 2.24) is 15.0 Å². The number of anilines is 2. The van der Waals surface area contributed by atoms with E-state index >= 15 is 0 Å². The highest BCUT2D eigenvalue weighted by Crippen LogP contribution is 2.53. The predicted octanol–water partition coefficient (Wildman–Crippen LogP) is 13.3. The molecule has 57 heavy (non-hydrogen) atoms. The van der Waals surface area contributed by atoms with Crippen LogP contribution in [0, 0.1) is 0 Å². The molecule has 0 fully saturated rings. The van der Waals surface area contributed by atoms with Crippen molar-refractivity contribution in [3.63, 3.8) is 0 Å². The van der Waals surface area contributed by atoms with Gasteiger partial charge in [-0.1, -0.05) is 133 Å². The van der Waals surface area contributed by atoms with Crippen LogP contribution in [0.1, 0.15) is 24.3 Å². The fraction of sp³-hybridized carbons (Fsp3) is 0.0784. The van der Waals surface area contributed by atoms with Crippen molar-refractivity contribution in [2.45, 2.75) is 24.8 Å². The predicted molar refractivity (Wildman–Crippen MR) is 230 cm³/mol. The summed E-state index contributed by atoms with van der Waals surface area (Å²) in [7, 11) is 0. The maximum absolute atomic E-state index is 6.84. The van der Waals surface area contributed by atoms with Gasteiger partial charge in [0.15, 0.2) is 17.5 Å². The quantitative estimate of drug-likeness (QED) is 0.164.